The first-order chi connectivity index (χ1) is 12.9. The van der Waals surface area contributed by atoms with Crippen molar-refractivity contribution in [2.75, 3.05) is 37.4 Å². The number of rotatable bonds is 5. The molecule has 0 aliphatic carbocycles. The molecule has 0 unspecified atom stereocenters. The molecule has 2 fully saturated rings. The molecule has 1 aromatic heterocycles. The van der Waals surface area contributed by atoms with Crippen molar-refractivity contribution in [3.8, 4) is 0 Å². The molecular weight excluding hydrogens is 348 g/mol. The number of hydrogen-bond donors (Lipinski definition) is 3. The van der Waals surface area contributed by atoms with Gasteiger partial charge in [0, 0.05) is 33.2 Å². The lowest BCUT2D eigenvalue weighted by Crippen LogP contribution is -2.39. The molecule has 27 heavy (non-hydrogen) atoms. The van der Waals surface area contributed by atoms with Crippen LogP contribution < -0.4 is 20.9 Å². The second-order valence-electron chi connectivity index (χ2n) is 7.17. The summed E-state index contributed by atoms with van der Waals surface area (Å²) in [5.41, 5.74) is 0.968. The van der Waals surface area contributed by atoms with E-state index in [1.165, 1.54) is 0 Å². The number of nitrogens with zero attached hydrogens (tertiary/aromatic N) is 3. The number of pyridine rings is 1. The van der Waals surface area contributed by atoms with E-state index in [-0.39, 0.29) is 18.4 Å². The van der Waals surface area contributed by atoms with Crippen LogP contribution in [0.4, 0.5) is 16.3 Å². The van der Waals surface area contributed by atoms with Gasteiger partial charge in [-0.1, -0.05) is 0 Å². The van der Waals surface area contributed by atoms with Crippen molar-refractivity contribution in [2.45, 2.75) is 37.8 Å². The highest BCUT2D eigenvalue weighted by atomic mass is 16.2. The molecule has 3 heterocycles. The highest BCUT2D eigenvalue weighted by molar-refractivity contribution is 6.05. The smallest absolute Gasteiger partial charge is 0.322 e. The lowest BCUT2D eigenvalue weighted by Gasteiger charge is -2.22. The van der Waals surface area contributed by atoms with Gasteiger partial charge in [-0.25, -0.2) is 9.78 Å². The second kappa shape index (κ2) is 8.24. The highest BCUT2D eigenvalue weighted by Gasteiger charge is 2.33. The van der Waals surface area contributed by atoms with Crippen LogP contribution in [0.3, 0.4) is 0 Å². The molecule has 2 aliphatic rings. The molecule has 0 aromatic carbocycles. The maximum atomic E-state index is 12.5. The number of urea groups is 1. The van der Waals surface area contributed by atoms with E-state index in [9.17, 15) is 14.4 Å². The summed E-state index contributed by atoms with van der Waals surface area (Å²) in [6.45, 7) is 1.29. The van der Waals surface area contributed by atoms with E-state index in [2.05, 4.69) is 20.9 Å². The van der Waals surface area contributed by atoms with Crippen LogP contribution in [-0.4, -0.2) is 67.0 Å². The van der Waals surface area contributed by atoms with Gasteiger partial charge in [-0.2, -0.15) is 0 Å². The summed E-state index contributed by atoms with van der Waals surface area (Å²) in [7, 11) is 3.90. The Morgan fingerprint density at radius 2 is 2.11 bits per heavy atom. The van der Waals surface area contributed by atoms with Crippen LogP contribution in [0.1, 0.15) is 25.7 Å². The van der Waals surface area contributed by atoms with E-state index >= 15 is 0 Å². The number of likely N-dealkylation sites (tertiary alicyclic amines) is 1. The van der Waals surface area contributed by atoms with Crippen LogP contribution in [0.15, 0.2) is 18.3 Å². The molecule has 2 atom stereocenters. The van der Waals surface area contributed by atoms with Crippen molar-refractivity contribution in [3.05, 3.63) is 18.3 Å². The maximum absolute atomic E-state index is 12.5. The number of carbonyl (C=O) groups is 3. The molecule has 4 amide bonds. The quantitative estimate of drug-likeness (QED) is 0.650. The molecule has 0 radical (unpaired) electrons. The van der Waals surface area contributed by atoms with Gasteiger partial charge in [0.15, 0.2) is 0 Å². The molecule has 9 nitrogen and oxygen atoms in total. The van der Waals surface area contributed by atoms with Gasteiger partial charge in [0.05, 0.1) is 18.3 Å². The molecule has 3 N–H and O–H groups in total. The molecule has 0 saturated carbocycles. The summed E-state index contributed by atoms with van der Waals surface area (Å²) in [6, 6.07) is 2.95. The first-order valence-electron chi connectivity index (χ1n) is 9.21. The van der Waals surface area contributed by atoms with Gasteiger partial charge in [0.2, 0.25) is 5.91 Å². The number of hydrogen-bond acceptors (Lipinski definition) is 6. The fourth-order valence-corrected chi connectivity index (χ4v) is 3.37. The number of anilines is 2. The average molecular weight is 374 g/mol. The topological polar surface area (TPSA) is 107 Å². The number of imide groups is 1. The van der Waals surface area contributed by atoms with Gasteiger partial charge >= 0.3 is 6.03 Å². The van der Waals surface area contributed by atoms with Crippen molar-refractivity contribution in [1.82, 2.24) is 20.5 Å². The number of nitrogens with one attached hydrogen (secondary N) is 3. The first-order valence-corrected chi connectivity index (χ1v) is 9.21. The summed E-state index contributed by atoms with van der Waals surface area (Å²) < 4.78 is 0. The third kappa shape index (κ3) is 4.87. The number of amides is 4. The largest absolute Gasteiger partial charge is 0.381 e. The van der Waals surface area contributed by atoms with Crippen molar-refractivity contribution in [3.63, 3.8) is 0 Å². The molecule has 146 valence electrons. The Hall–Kier alpha value is -2.84. The monoisotopic (exact) mass is 374 g/mol. The molecule has 2 aliphatic heterocycles. The zero-order valence-electron chi connectivity index (χ0n) is 15.7. The molecule has 0 bridgehead atoms. The fourth-order valence-electron chi connectivity index (χ4n) is 3.37. The first kappa shape index (κ1) is 18.9. The van der Waals surface area contributed by atoms with Crippen LogP contribution >= 0.6 is 0 Å². The van der Waals surface area contributed by atoms with Crippen LogP contribution in [-0.2, 0) is 9.59 Å². The third-order valence-corrected chi connectivity index (χ3v) is 4.89. The van der Waals surface area contributed by atoms with E-state index in [1.807, 2.05) is 37.3 Å². The number of carbonyl (C=O) groups excluding carboxylic acids is 3. The highest BCUT2D eigenvalue weighted by Crippen LogP contribution is 2.19. The van der Waals surface area contributed by atoms with Crippen LogP contribution in [0.25, 0.3) is 0 Å². The Kier molecular flexibility index (Phi) is 5.78. The van der Waals surface area contributed by atoms with Gasteiger partial charge in [-0.15, -0.1) is 0 Å². The SMILES string of the molecule is CN(C)c1ccc(N[C@H]2CCCN(C(=O)C[C@@H]3NC(=O)NC3=O)CC2)cn1. The van der Waals surface area contributed by atoms with E-state index in [1.54, 1.807) is 4.90 Å². The Bertz CT molecular complexity index is 706. The fraction of sp³-hybridized carbons (Fsp3) is 0.556. The minimum Gasteiger partial charge on any atom is -0.381 e. The van der Waals surface area contributed by atoms with E-state index in [0.29, 0.717) is 13.1 Å². The summed E-state index contributed by atoms with van der Waals surface area (Å²) in [5.74, 6) is 0.368. The summed E-state index contributed by atoms with van der Waals surface area (Å²) in [4.78, 5) is 43.4. The van der Waals surface area contributed by atoms with Crippen LogP contribution in [0, 0.1) is 0 Å². The predicted octanol–water partition coefficient (Wildman–Crippen LogP) is 0.539. The van der Waals surface area contributed by atoms with Gasteiger partial charge in [-0.05, 0) is 31.4 Å². The predicted molar refractivity (Wildman–Crippen MR) is 101 cm³/mol. The van der Waals surface area contributed by atoms with Crippen molar-refractivity contribution < 1.29 is 14.4 Å². The van der Waals surface area contributed by atoms with Crippen LogP contribution in [0.5, 0.6) is 0 Å². The molecule has 2 saturated heterocycles. The zero-order chi connectivity index (χ0) is 19.4. The van der Waals surface area contributed by atoms with Gasteiger partial charge < -0.3 is 20.4 Å². The van der Waals surface area contributed by atoms with E-state index in [0.717, 1.165) is 30.8 Å². The molecular formula is C18H26N6O3. The second-order valence-corrected chi connectivity index (χ2v) is 7.17. The minimum atomic E-state index is -0.761. The summed E-state index contributed by atoms with van der Waals surface area (Å²) >= 11 is 0. The van der Waals surface area contributed by atoms with Crippen molar-refractivity contribution >= 4 is 29.4 Å². The maximum Gasteiger partial charge on any atom is 0.322 e. The minimum absolute atomic E-state index is 0.00554. The van der Waals surface area contributed by atoms with Gasteiger partial charge in [0.1, 0.15) is 11.9 Å². The Morgan fingerprint density at radius 1 is 1.30 bits per heavy atom. The Labute approximate surface area is 158 Å². The number of aromatic nitrogens is 1. The normalized spacial score (nSPS) is 22.7. The van der Waals surface area contributed by atoms with Gasteiger partial charge in [0.25, 0.3) is 5.91 Å². The zero-order valence-corrected chi connectivity index (χ0v) is 15.7. The molecule has 0 spiro atoms. The Balaban J connectivity index is 1.50. The molecule has 3 rings (SSSR count). The van der Waals surface area contributed by atoms with E-state index < -0.39 is 18.0 Å². The third-order valence-electron chi connectivity index (χ3n) is 4.89. The lowest BCUT2D eigenvalue weighted by molar-refractivity contribution is -0.133. The average Bonchev–Trinajstić information content (AvgIpc) is 2.82. The van der Waals surface area contributed by atoms with Gasteiger partial charge in [-0.3, -0.25) is 14.9 Å². The Morgan fingerprint density at radius 3 is 2.74 bits per heavy atom. The van der Waals surface area contributed by atoms with Crippen molar-refractivity contribution in [1.29, 1.82) is 0 Å². The molecule has 1 aromatic rings. The summed E-state index contributed by atoms with van der Waals surface area (Å²) in [5, 5.41) is 8.12. The lowest BCUT2D eigenvalue weighted by atomic mass is 10.1. The van der Waals surface area contributed by atoms with Crippen LogP contribution in [0.2, 0.25) is 0 Å². The van der Waals surface area contributed by atoms with E-state index in [4.69, 9.17) is 0 Å². The van der Waals surface area contributed by atoms with Crippen molar-refractivity contribution in [2.24, 2.45) is 0 Å². The molecule has 9 heteroatoms. The standard InChI is InChI=1S/C18H26N6O3/c1-23(2)15-6-5-13(11-19-15)20-12-4-3-8-24(9-7-12)16(25)10-14-17(26)22-18(27)21-14/h5-6,11-12,14,20H,3-4,7-10H2,1-2H3,(H2,21,22,26,27)/t12-,14-/m0/s1. The summed E-state index contributed by atoms with van der Waals surface area (Å²) in [6.07, 6.45) is 4.50.